The van der Waals surface area contributed by atoms with E-state index in [1.165, 1.54) is 11.3 Å². The molecule has 1 aromatic heterocycles. The molecule has 1 N–H and O–H groups in total. The largest absolute Gasteiger partial charge is 0.481 e. The van der Waals surface area contributed by atoms with Gasteiger partial charge in [0.25, 0.3) is 5.91 Å². The first-order valence-electron chi connectivity index (χ1n) is 5.83. The molecule has 0 radical (unpaired) electrons. The Kier molecular flexibility index (Phi) is 5.27. The number of aliphatic carboxylic acids is 1. The van der Waals surface area contributed by atoms with Crippen LogP contribution in [0.5, 0.6) is 0 Å². The predicted molar refractivity (Wildman–Crippen MR) is 69.8 cm³/mol. The van der Waals surface area contributed by atoms with E-state index in [9.17, 15) is 9.59 Å². The van der Waals surface area contributed by atoms with Crippen molar-refractivity contribution < 1.29 is 14.7 Å². The second-order valence-electron chi connectivity index (χ2n) is 4.53. The van der Waals surface area contributed by atoms with E-state index in [0.29, 0.717) is 17.3 Å². The fraction of sp³-hybridized carbons (Fsp3) is 0.583. The van der Waals surface area contributed by atoms with Gasteiger partial charge in [-0.25, -0.2) is 4.98 Å². The number of thiazole rings is 1. The molecule has 0 fully saturated rings. The summed E-state index contributed by atoms with van der Waals surface area (Å²) in [4.78, 5) is 29.0. The normalized spacial score (nSPS) is 10.7. The molecule has 6 heteroatoms. The molecule has 0 aliphatic carbocycles. The van der Waals surface area contributed by atoms with E-state index in [2.05, 4.69) is 4.98 Å². The molecule has 0 spiro atoms. The number of carboxylic acid groups (broad SMARTS) is 1. The summed E-state index contributed by atoms with van der Waals surface area (Å²) in [6.45, 7) is 6.63. The molecule has 1 rings (SSSR count). The summed E-state index contributed by atoms with van der Waals surface area (Å²) in [6, 6.07) is 0. The monoisotopic (exact) mass is 270 g/mol. The lowest BCUT2D eigenvalue weighted by atomic mass is 10.2. The molecule has 0 aliphatic rings. The van der Waals surface area contributed by atoms with E-state index < -0.39 is 5.97 Å². The van der Waals surface area contributed by atoms with Gasteiger partial charge in [-0.1, -0.05) is 13.8 Å². The lowest BCUT2D eigenvalue weighted by Crippen LogP contribution is -2.35. The molecular formula is C12H18N2O3S. The lowest BCUT2D eigenvalue weighted by molar-refractivity contribution is -0.137. The number of nitrogens with zero attached hydrogens (tertiary/aromatic N) is 2. The summed E-state index contributed by atoms with van der Waals surface area (Å²) >= 11 is 1.34. The SMILES string of the molecule is Cc1ncc(C(=O)N(CCC(=O)O)CC(C)C)s1. The molecule has 1 heterocycles. The third-order valence-corrected chi connectivity index (χ3v) is 3.20. The highest BCUT2D eigenvalue weighted by molar-refractivity contribution is 7.13. The van der Waals surface area contributed by atoms with E-state index in [4.69, 9.17) is 5.11 Å². The summed E-state index contributed by atoms with van der Waals surface area (Å²) in [5.74, 6) is -0.718. The van der Waals surface area contributed by atoms with E-state index in [-0.39, 0.29) is 18.9 Å². The summed E-state index contributed by atoms with van der Waals surface area (Å²) < 4.78 is 0. The maximum Gasteiger partial charge on any atom is 0.305 e. The molecule has 100 valence electrons. The van der Waals surface area contributed by atoms with Crippen molar-refractivity contribution in [3.8, 4) is 0 Å². The van der Waals surface area contributed by atoms with Crippen molar-refractivity contribution in [1.29, 1.82) is 0 Å². The minimum atomic E-state index is -0.892. The highest BCUT2D eigenvalue weighted by atomic mass is 32.1. The van der Waals surface area contributed by atoms with Gasteiger partial charge in [0.2, 0.25) is 0 Å². The number of amides is 1. The van der Waals surface area contributed by atoms with Crippen LogP contribution in [-0.2, 0) is 4.79 Å². The number of hydrogen-bond donors (Lipinski definition) is 1. The van der Waals surface area contributed by atoms with Gasteiger partial charge in [-0.15, -0.1) is 11.3 Å². The van der Waals surface area contributed by atoms with E-state index in [1.807, 2.05) is 20.8 Å². The van der Waals surface area contributed by atoms with Crippen LogP contribution in [0.25, 0.3) is 0 Å². The zero-order chi connectivity index (χ0) is 13.7. The van der Waals surface area contributed by atoms with Gasteiger partial charge in [0.1, 0.15) is 4.88 Å². The summed E-state index contributed by atoms with van der Waals surface area (Å²) in [6.07, 6.45) is 1.52. The maximum atomic E-state index is 12.2. The number of carboxylic acids is 1. The first kappa shape index (κ1) is 14.6. The van der Waals surface area contributed by atoms with Gasteiger partial charge < -0.3 is 10.0 Å². The Balaban J connectivity index is 2.75. The molecule has 0 atom stereocenters. The van der Waals surface area contributed by atoms with E-state index in [1.54, 1.807) is 11.1 Å². The van der Waals surface area contributed by atoms with Gasteiger partial charge in [-0.05, 0) is 12.8 Å². The van der Waals surface area contributed by atoms with Crippen molar-refractivity contribution in [2.75, 3.05) is 13.1 Å². The van der Waals surface area contributed by atoms with Crippen LogP contribution in [0.1, 0.15) is 34.9 Å². The first-order chi connectivity index (χ1) is 8.40. The Morgan fingerprint density at radius 1 is 1.50 bits per heavy atom. The average Bonchev–Trinajstić information content (AvgIpc) is 2.69. The van der Waals surface area contributed by atoms with Gasteiger partial charge in [0.15, 0.2) is 0 Å². The van der Waals surface area contributed by atoms with Gasteiger partial charge >= 0.3 is 5.97 Å². The quantitative estimate of drug-likeness (QED) is 0.858. The second kappa shape index (κ2) is 6.49. The van der Waals surface area contributed by atoms with Crippen LogP contribution in [0.4, 0.5) is 0 Å². The zero-order valence-corrected chi connectivity index (χ0v) is 11.7. The molecule has 0 saturated heterocycles. The van der Waals surface area contributed by atoms with Crippen LogP contribution in [0.2, 0.25) is 0 Å². The van der Waals surface area contributed by atoms with Crippen LogP contribution in [0.3, 0.4) is 0 Å². The third kappa shape index (κ3) is 4.44. The van der Waals surface area contributed by atoms with Gasteiger partial charge in [0, 0.05) is 13.1 Å². The Hall–Kier alpha value is -1.43. The standard InChI is InChI=1S/C12H18N2O3S/c1-8(2)7-14(5-4-11(15)16)12(17)10-6-13-9(3)18-10/h6,8H,4-5,7H2,1-3H3,(H,15,16). The third-order valence-electron chi connectivity index (χ3n) is 2.30. The van der Waals surface area contributed by atoms with Crippen molar-refractivity contribution in [2.45, 2.75) is 27.2 Å². The van der Waals surface area contributed by atoms with Crippen molar-refractivity contribution in [1.82, 2.24) is 9.88 Å². The van der Waals surface area contributed by atoms with Crippen molar-refractivity contribution in [2.24, 2.45) is 5.92 Å². The van der Waals surface area contributed by atoms with Gasteiger partial charge in [-0.2, -0.15) is 0 Å². The zero-order valence-electron chi connectivity index (χ0n) is 10.8. The number of hydrogen-bond acceptors (Lipinski definition) is 4. The molecule has 1 amide bonds. The minimum Gasteiger partial charge on any atom is -0.481 e. The van der Waals surface area contributed by atoms with Crippen LogP contribution >= 0.6 is 11.3 Å². The maximum absolute atomic E-state index is 12.2. The molecule has 0 unspecified atom stereocenters. The Morgan fingerprint density at radius 2 is 2.17 bits per heavy atom. The Bertz CT molecular complexity index is 429. The van der Waals surface area contributed by atoms with Crippen LogP contribution in [-0.4, -0.2) is 40.0 Å². The fourth-order valence-corrected chi connectivity index (χ4v) is 2.31. The summed E-state index contributed by atoms with van der Waals surface area (Å²) in [5, 5.41) is 9.54. The van der Waals surface area contributed by atoms with Crippen LogP contribution in [0, 0.1) is 12.8 Å². The number of carbonyl (C=O) groups excluding carboxylic acids is 1. The van der Waals surface area contributed by atoms with E-state index in [0.717, 1.165) is 5.01 Å². The fourth-order valence-electron chi connectivity index (χ4n) is 1.56. The molecule has 0 aliphatic heterocycles. The van der Waals surface area contributed by atoms with Crippen molar-refractivity contribution in [3.05, 3.63) is 16.1 Å². The van der Waals surface area contributed by atoms with E-state index >= 15 is 0 Å². The smallest absolute Gasteiger partial charge is 0.305 e. The minimum absolute atomic E-state index is 0.0315. The number of carbonyl (C=O) groups is 2. The van der Waals surface area contributed by atoms with Crippen LogP contribution in [0.15, 0.2) is 6.20 Å². The second-order valence-corrected chi connectivity index (χ2v) is 5.77. The summed E-state index contributed by atoms with van der Waals surface area (Å²) in [5.41, 5.74) is 0. The molecule has 5 nitrogen and oxygen atoms in total. The molecule has 0 saturated carbocycles. The number of rotatable bonds is 6. The number of aryl methyl sites for hydroxylation is 1. The van der Waals surface area contributed by atoms with Crippen LogP contribution < -0.4 is 0 Å². The lowest BCUT2D eigenvalue weighted by Gasteiger charge is -2.23. The Labute approximate surface area is 110 Å². The topological polar surface area (TPSA) is 70.5 Å². The van der Waals surface area contributed by atoms with Crippen molar-refractivity contribution >= 4 is 23.2 Å². The predicted octanol–water partition coefficient (Wildman–Crippen LogP) is 2.02. The average molecular weight is 270 g/mol. The molecular weight excluding hydrogens is 252 g/mol. The van der Waals surface area contributed by atoms with Crippen molar-refractivity contribution in [3.63, 3.8) is 0 Å². The highest BCUT2D eigenvalue weighted by Crippen LogP contribution is 2.15. The Morgan fingerprint density at radius 3 is 2.61 bits per heavy atom. The molecule has 0 bridgehead atoms. The van der Waals surface area contributed by atoms with Gasteiger partial charge in [0.05, 0.1) is 17.6 Å². The molecule has 0 aromatic carbocycles. The first-order valence-corrected chi connectivity index (χ1v) is 6.65. The highest BCUT2D eigenvalue weighted by Gasteiger charge is 2.19. The number of aromatic nitrogens is 1. The van der Waals surface area contributed by atoms with Gasteiger partial charge in [-0.3, -0.25) is 9.59 Å². The molecule has 1 aromatic rings. The molecule has 18 heavy (non-hydrogen) atoms. The summed E-state index contributed by atoms with van der Waals surface area (Å²) in [7, 11) is 0.